The summed E-state index contributed by atoms with van der Waals surface area (Å²) in [7, 11) is 0. The number of halogens is 18. The fourth-order valence-corrected chi connectivity index (χ4v) is 1.33. The van der Waals surface area contributed by atoms with Crippen LogP contribution >= 0.6 is 11.6 Å². The fourth-order valence-electron chi connectivity index (χ4n) is 1.19. The highest BCUT2D eigenvalue weighted by Gasteiger charge is 2.84. The summed E-state index contributed by atoms with van der Waals surface area (Å²) in [5, 5.41) is -6.80. The van der Waals surface area contributed by atoms with Gasteiger partial charge in [0.15, 0.2) is 0 Å². The van der Waals surface area contributed by atoms with Gasteiger partial charge >= 0.3 is 53.6 Å². The van der Waals surface area contributed by atoms with Gasteiger partial charge in [-0.3, -0.25) is 14.3 Å². The molecule has 0 aliphatic heterocycles. The molecule has 2 unspecified atom stereocenters. The van der Waals surface area contributed by atoms with Gasteiger partial charge < -0.3 is 0 Å². The summed E-state index contributed by atoms with van der Waals surface area (Å²) in [6, 6.07) is 0. The standard InChI is InChI=1S/C9ClF17O3/c10-6(18,19)4(16,7(20,21)22)30-9(26,27)5(17,8(23,24)25)29-3(14,15)1(28)2(11,12)13. The van der Waals surface area contributed by atoms with E-state index in [4.69, 9.17) is 0 Å². The smallest absolute Gasteiger partial charge is 0.280 e. The zero-order valence-electron chi connectivity index (χ0n) is 12.5. The van der Waals surface area contributed by atoms with E-state index in [1.807, 2.05) is 0 Å². The van der Waals surface area contributed by atoms with Gasteiger partial charge in [0.25, 0.3) is 0 Å². The molecule has 0 saturated carbocycles. The van der Waals surface area contributed by atoms with Crippen LogP contribution in [0.4, 0.5) is 74.6 Å². The molecule has 0 aliphatic rings. The number of carbonyl (C=O) groups is 1. The third-order valence-corrected chi connectivity index (χ3v) is 2.77. The van der Waals surface area contributed by atoms with Crippen molar-refractivity contribution in [2.24, 2.45) is 0 Å². The number of Topliss-reactive ketones (excluding diaryl/α,β-unsaturated/α-hetero) is 1. The molecule has 0 aromatic rings. The summed E-state index contributed by atoms with van der Waals surface area (Å²) in [5.74, 6) is -20.2. The Balaban J connectivity index is 6.61. The molecule has 30 heavy (non-hydrogen) atoms. The lowest BCUT2D eigenvalue weighted by molar-refractivity contribution is -0.535. The minimum Gasteiger partial charge on any atom is -0.280 e. The van der Waals surface area contributed by atoms with Gasteiger partial charge in [-0.25, -0.2) is 0 Å². The van der Waals surface area contributed by atoms with Crippen molar-refractivity contribution in [1.29, 1.82) is 0 Å². The van der Waals surface area contributed by atoms with E-state index in [0.29, 0.717) is 0 Å². The predicted octanol–water partition coefficient (Wildman–Crippen LogP) is 5.62. The van der Waals surface area contributed by atoms with E-state index >= 15 is 0 Å². The van der Waals surface area contributed by atoms with Gasteiger partial charge in [0.05, 0.1) is 0 Å². The van der Waals surface area contributed by atoms with Crippen LogP contribution in [0, 0.1) is 0 Å². The molecular formula is C9ClF17O3. The van der Waals surface area contributed by atoms with Crippen LogP contribution in [0.3, 0.4) is 0 Å². The highest BCUT2D eigenvalue weighted by Crippen LogP contribution is 2.56. The van der Waals surface area contributed by atoms with Crippen LogP contribution in [0.1, 0.15) is 0 Å². The first kappa shape index (κ1) is 28.7. The largest absolute Gasteiger partial charge is 0.459 e. The Bertz CT molecular complexity index is 629. The molecule has 0 amide bonds. The van der Waals surface area contributed by atoms with Gasteiger partial charge in [0.1, 0.15) is 0 Å². The van der Waals surface area contributed by atoms with Crippen molar-refractivity contribution in [3.63, 3.8) is 0 Å². The van der Waals surface area contributed by atoms with E-state index in [2.05, 4.69) is 11.6 Å². The SMILES string of the molecule is O=C(C(F)(F)F)C(F)(F)OC(F)(C(F)(F)F)C(F)(F)OC(F)(C(F)(F)F)C(F)(F)Cl. The molecule has 0 heterocycles. The third kappa shape index (κ3) is 5.11. The number of alkyl halides is 18. The van der Waals surface area contributed by atoms with Crippen molar-refractivity contribution < 1.29 is 88.9 Å². The predicted molar refractivity (Wildman–Crippen MR) is 53.7 cm³/mol. The van der Waals surface area contributed by atoms with Crippen molar-refractivity contribution in [2.45, 2.75) is 47.8 Å². The first-order chi connectivity index (χ1) is 12.6. The number of hydrogen-bond donors (Lipinski definition) is 0. The topological polar surface area (TPSA) is 35.5 Å². The molecule has 0 N–H and O–H groups in total. The zero-order valence-corrected chi connectivity index (χ0v) is 13.3. The summed E-state index contributed by atoms with van der Waals surface area (Å²) in [6.45, 7) is 0. The minimum atomic E-state index is -7.97. The van der Waals surface area contributed by atoms with E-state index in [1.54, 1.807) is 0 Å². The maximum Gasteiger partial charge on any atom is 0.459 e. The fraction of sp³-hybridized carbons (Fsp3) is 0.889. The molecule has 0 saturated heterocycles. The molecule has 0 spiro atoms. The van der Waals surface area contributed by atoms with Crippen LogP contribution in [0.2, 0.25) is 0 Å². The lowest BCUT2D eigenvalue weighted by Gasteiger charge is -2.39. The number of rotatable bonds is 7. The van der Waals surface area contributed by atoms with Crippen molar-refractivity contribution in [3.8, 4) is 0 Å². The second-order valence-electron chi connectivity index (χ2n) is 4.75. The normalized spacial score (nSPS) is 19.3. The van der Waals surface area contributed by atoms with Gasteiger partial charge in [-0.1, -0.05) is 0 Å². The molecule has 0 fully saturated rings. The summed E-state index contributed by atoms with van der Waals surface area (Å²) in [6.07, 6.45) is -37.5. The second-order valence-corrected chi connectivity index (χ2v) is 5.22. The number of ether oxygens (including phenoxy) is 2. The zero-order chi connectivity index (χ0) is 25.0. The van der Waals surface area contributed by atoms with Crippen LogP contribution in [0.5, 0.6) is 0 Å². The van der Waals surface area contributed by atoms with E-state index in [-0.39, 0.29) is 0 Å². The van der Waals surface area contributed by atoms with Gasteiger partial charge in [0, 0.05) is 0 Å². The quantitative estimate of drug-likeness (QED) is 0.327. The average molecular weight is 515 g/mol. The molecule has 0 aromatic heterocycles. The van der Waals surface area contributed by atoms with E-state index in [0.717, 1.165) is 0 Å². The van der Waals surface area contributed by atoms with E-state index in [9.17, 15) is 79.4 Å². The second kappa shape index (κ2) is 7.38. The highest BCUT2D eigenvalue weighted by atomic mass is 35.5. The molecule has 0 aromatic carbocycles. The molecular weight excluding hydrogens is 515 g/mol. The first-order valence-electron chi connectivity index (χ1n) is 5.92. The molecule has 3 nitrogen and oxygen atoms in total. The van der Waals surface area contributed by atoms with Crippen molar-refractivity contribution in [1.82, 2.24) is 0 Å². The Kier molecular flexibility index (Phi) is 7.06. The summed E-state index contributed by atoms with van der Waals surface area (Å²) in [4.78, 5) is 10.2. The highest BCUT2D eigenvalue weighted by molar-refractivity contribution is 6.22. The van der Waals surface area contributed by atoms with Gasteiger partial charge in [-0.05, 0) is 11.6 Å². The Morgan fingerprint density at radius 1 is 0.567 bits per heavy atom. The lowest BCUT2D eigenvalue weighted by Crippen LogP contribution is -2.67. The van der Waals surface area contributed by atoms with Gasteiger partial charge in [-0.2, -0.15) is 74.6 Å². The molecule has 21 heteroatoms. The molecule has 0 aliphatic carbocycles. The molecule has 2 atom stereocenters. The minimum absolute atomic E-state index is 1.40. The summed E-state index contributed by atoms with van der Waals surface area (Å²) in [5.41, 5.74) is 0. The van der Waals surface area contributed by atoms with Crippen LogP contribution < -0.4 is 0 Å². The number of carbonyl (C=O) groups excluding carboxylic acids is 1. The maximum absolute atomic E-state index is 13.6. The molecule has 0 rings (SSSR count). The van der Waals surface area contributed by atoms with Crippen LogP contribution in [-0.2, 0) is 14.3 Å². The third-order valence-electron chi connectivity index (χ3n) is 2.53. The van der Waals surface area contributed by atoms with Crippen molar-refractivity contribution in [3.05, 3.63) is 0 Å². The number of ketones is 1. The Morgan fingerprint density at radius 3 is 1.13 bits per heavy atom. The Hall–Kier alpha value is -1.31. The van der Waals surface area contributed by atoms with Crippen molar-refractivity contribution in [2.75, 3.05) is 0 Å². The van der Waals surface area contributed by atoms with Crippen LogP contribution in [-0.4, -0.2) is 53.6 Å². The van der Waals surface area contributed by atoms with Gasteiger partial charge in [-0.15, -0.1) is 0 Å². The van der Waals surface area contributed by atoms with E-state index < -0.39 is 53.6 Å². The van der Waals surface area contributed by atoms with Crippen LogP contribution in [0.25, 0.3) is 0 Å². The molecule has 180 valence electrons. The van der Waals surface area contributed by atoms with Gasteiger partial charge in [0.2, 0.25) is 0 Å². The maximum atomic E-state index is 13.6. The van der Waals surface area contributed by atoms with Crippen molar-refractivity contribution >= 4 is 17.4 Å². The van der Waals surface area contributed by atoms with E-state index in [1.165, 1.54) is 9.47 Å². The summed E-state index contributed by atoms with van der Waals surface area (Å²) < 4.78 is 217. The Labute approximate surface area is 155 Å². The first-order valence-corrected chi connectivity index (χ1v) is 6.30. The lowest BCUT2D eigenvalue weighted by atomic mass is 10.2. The average Bonchev–Trinajstić information content (AvgIpc) is 2.40. The Morgan fingerprint density at radius 2 is 0.900 bits per heavy atom. The monoisotopic (exact) mass is 514 g/mol. The molecule has 0 radical (unpaired) electrons. The number of hydrogen-bond acceptors (Lipinski definition) is 3. The molecule has 0 bridgehead atoms. The van der Waals surface area contributed by atoms with Crippen LogP contribution in [0.15, 0.2) is 0 Å². The summed E-state index contributed by atoms with van der Waals surface area (Å²) >= 11 is 3.46.